The summed E-state index contributed by atoms with van der Waals surface area (Å²) in [6.45, 7) is 3.46. The van der Waals surface area contributed by atoms with E-state index in [1.54, 1.807) is 12.1 Å². The number of hydrogen-bond donors (Lipinski definition) is 0. The molecule has 0 amide bonds. The Labute approximate surface area is 161 Å². The number of halogens is 3. The van der Waals surface area contributed by atoms with Crippen molar-refractivity contribution in [1.82, 2.24) is 13.9 Å². The predicted molar refractivity (Wildman–Crippen MR) is 99.4 cm³/mol. The van der Waals surface area contributed by atoms with Crippen molar-refractivity contribution < 1.29 is 21.6 Å². The Bertz CT molecular complexity index is 904. The molecule has 2 aromatic rings. The van der Waals surface area contributed by atoms with E-state index in [9.17, 15) is 21.6 Å². The second kappa shape index (κ2) is 8.00. The number of hydrogen-bond acceptors (Lipinski definition) is 4. The van der Waals surface area contributed by atoms with Crippen molar-refractivity contribution in [3.63, 3.8) is 0 Å². The highest BCUT2D eigenvalue weighted by atomic mass is 32.2. The SMILES string of the molecule is CCn1c(SCCC(F)(F)F)nc2cc(S(=O)(=O)N3CCCCC3)ccc21. The Morgan fingerprint density at radius 3 is 2.52 bits per heavy atom. The summed E-state index contributed by atoms with van der Waals surface area (Å²) in [5.74, 6) is -0.119. The molecule has 0 N–H and O–H groups in total. The van der Waals surface area contributed by atoms with Gasteiger partial charge in [-0.25, -0.2) is 13.4 Å². The number of fused-ring (bicyclic) bond motifs is 1. The van der Waals surface area contributed by atoms with Gasteiger partial charge in [-0.2, -0.15) is 17.5 Å². The maximum Gasteiger partial charge on any atom is 0.389 e. The fraction of sp³-hybridized carbons (Fsp3) is 0.588. The summed E-state index contributed by atoms with van der Waals surface area (Å²) in [5.41, 5.74) is 1.22. The lowest BCUT2D eigenvalue weighted by Crippen LogP contribution is -2.35. The molecule has 0 bridgehead atoms. The zero-order valence-corrected chi connectivity index (χ0v) is 16.6. The van der Waals surface area contributed by atoms with Crippen LogP contribution in [0, 0.1) is 0 Å². The van der Waals surface area contributed by atoms with Crippen LogP contribution in [-0.4, -0.2) is 47.3 Å². The monoisotopic (exact) mass is 421 g/mol. The molecule has 0 aliphatic carbocycles. The smallest absolute Gasteiger partial charge is 0.319 e. The second-order valence-electron chi connectivity index (χ2n) is 6.47. The van der Waals surface area contributed by atoms with Crippen LogP contribution in [0.5, 0.6) is 0 Å². The molecule has 0 radical (unpaired) electrons. The fourth-order valence-corrected chi connectivity index (χ4v) is 5.78. The maximum absolute atomic E-state index is 12.8. The van der Waals surface area contributed by atoms with Gasteiger partial charge >= 0.3 is 6.18 Å². The first-order chi connectivity index (χ1) is 12.7. The maximum atomic E-state index is 12.8. The van der Waals surface area contributed by atoms with E-state index in [-0.39, 0.29) is 10.6 Å². The number of sulfonamides is 1. The Morgan fingerprint density at radius 2 is 1.89 bits per heavy atom. The van der Waals surface area contributed by atoms with Crippen LogP contribution >= 0.6 is 11.8 Å². The summed E-state index contributed by atoms with van der Waals surface area (Å²) < 4.78 is 66.2. The molecule has 1 aromatic heterocycles. The molecule has 3 rings (SSSR count). The molecule has 27 heavy (non-hydrogen) atoms. The van der Waals surface area contributed by atoms with Gasteiger partial charge in [0.15, 0.2) is 5.16 Å². The second-order valence-corrected chi connectivity index (χ2v) is 9.47. The van der Waals surface area contributed by atoms with E-state index in [2.05, 4.69) is 4.98 Å². The lowest BCUT2D eigenvalue weighted by molar-refractivity contribution is -0.129. The van der Waals surface area contributed by atoms with Crippen LogP contribution < -0.4 is 0 Å². The van der Waals surface area contributed by atoms with Gasteiger partial charge in [0.25, 0.3) is 0 Å². The van der Waals surface area contributed by atoms with Crippen LogP contribution in [0.15, 0.2) is 28.3 Å². The number of thioether (sulfide) groups is 1. The van der Waals surface area contributed by atoms with Gasteiger partial charge in [0.2, 0.25) is 10.0 Å². The van der Waals surface area contributed by atoms with Gasteiger partial charge < -0.3 is 4.57 Å². The molecule has 10 heteroatoms. The van der Waals surface area contributed by atoms with Gasteiger partial charge in [0, 0.05) is 25.4 Å². The van der Waals surface area contributed by atoms with Crippen molar-refractivity contribution in [2.45, 2.75) is 55.4 Å². The first-order valence-corrected chi connectivity index (χ1v) is 11.3. The van der Waals surface area contributed by atoms with Crippen molar-refractivity contribution >= 4 is 32.8 Å². The van der Waals surface area contributed by atoms with E-state index >= 15 is 0 Å². The zero-order valence-electron chi connectivity index (χ0n) is 15.0. The van der Waals surface area contributed by atoms with E-state index in [1.807, 2.05) is 11.5 Å². The van der Waals surface area contributed by atoms with Crippen LogP contribution in [0.3, 0.4) is 0 Å². The van der Waals surface area contributed by atoms with E-state index in [4.69, 9.17) is 0 Å². The topological polar surface area (TPSA) is 55.2 Å². The largest absolute Gasteiger partial charge is 0.389 e. The van der Waals surface area contributed by atoms with Crippen LogP contribution in [0.1, 0.15) is 32.6 Å². The van der Waals surface area contributed by atoms with Gasteiger partial charge in [-0.15, -0.1) is 0 Å². The number of imidazole rings is 1. The highest BCUT2D eigenvalue weighted by molar-refractivity contribution is 7.99. The van der Waals surface area contributed by atoms with Gasteiger partial charge in [-0.1, -0.05) is 18.2 Å². The van der Waals surface area contributed by atoms with Crippen molar-refractivity contribution in [2.24, 2.45) is 0 Å². The fourth-order valence-electron chi connectivity index (χ4n) is 3.18. The number of aryl methyl sites for hydroxylation is 1. The van der Waals surface area contributed by atoms with E-state index in [1.165, 1.54) is 10.4 Å². The molecule has 5 nitrogen and oxygen atoms in total. The third kappa shape index (κ3) is 4.60. The van der Waals surface area contributed by atoms with Crippen molar-refractivity contribution in [2.75, 3.05) is 18.8 Å². The molecule has 2 heterocycles. The minimum atomic E-state index is -4.20. The molecule has 0 unspecified atom stereocenters. The van der Waals surface area contributed by atoms with E-state index < -0.39 is 22.6 Å². The van der Waals surface area contributed by atoms with Crippen molar-refractivity contribution in [3.05, 3.63) is 18.2 Å². The highest BCUT2D eigenvalue weighted by Gasteiger charge is 2.28. The molecule has 0 saturated carbocycles. The number of piperidine rings is 1. The molecule has 150 valence electrons. The predicted octanol–water partition coefficient (Wildman–Crippen LogP) is 4.28. The first-order valence-electron chi connectivity index (χ1n) is 8.92. The van der Waals surface area contributed by atoms with Gasteiger partial charge in [-0.05, 0) is 38.0 Å². The summed E-state index contributed by atoms with van der Waals surface area (Å²) in [5, 5.41) is 0.476. The van der Waals surface area contributed by atoms with Crippen LogP contribution in [0.2, 0.25) is 0 Å². The summed E-state index contributed by atoms with van der Waals surface area (Å²) in [6.07, 6.45) is -2.35. The molecule has 1 aliphatic rings. The molecule has 1 fully saturated rings. The Balaban J connectivity index is 1.88. The minimum absolute atomic E-state index is 0.119. The number of aromatic nitrogens is 2. The van der Waals surface area contributed by atoms with Crippen LogP contribution in [0.25, 0.3) is 11.0 Å². The van der Waals surface area contributed by atoms with E-state index in [0.717, 1.165) is 36.5 Å². The first kappa shape index (κ1) is 20.5. The molecule has 0 spiro atoms. The lowest BCUT2D eigenvalue weighted by Gasteiger charge is -2.25. The highest BCUT2D eigenvalue weighted by Crippen LogP contribution is 2.30. The third-order valence-corrected chi connectivity index (χ3v) is 7.44. The number of benzene rings is 1. The molecule has 1 aromatic carbocycles. The summed E-state index contributed by atoms with van der Waals surface area (Å²) in [6, 6.07) is 4.78. The van der Waals surface area contributed by atoms with Gasteiger partial charge in [0.1, 0.15) is 0 Å². The quantitative estimate of drug-likeness (QED) is 0.654. The summed E-state index contributed by atoms with van der Waals surface area (Å²) in [7, 11) is -3.57. The Morgan fingerprint density at radius 1 is 1.19 bits per heavy atom. The average Bonchev–Trinajstić information content (AvgIpc) is 2.97. The molecule has 1 aliphatic heterocycles. The van der Waals surface area contributed by atoms with Gasteiger partial charge in [0.05, 0.1) is 22.3 Å². The zero-order chi connectivity index (χ0) is 19.7. The van der Waals surface area contributed by atoms with Gasteiger partial charge in [-0.3, -0.25) is 0 Å². The third-order valence-electron chi connectivity index (χ3n) is 4.57. The standard InChI is InChI=1S/C17H22F3N3O2S2/c1-2-23-15-7-6-13(27(24,25)22-9-4-3-5-10-22)12-14(15)21-16(23)26-11-8-17(18,19)20/h6-7,12H,2-5,8-11H2,1H3. The van der Waals surface area contributed by atoms with Crippen molar-refractivity contribution in [1.29, 1.82) is 0 Å². The normalized spacial score (nSPS) is 16.9. The van der Waals surface area contributed by atoms with Crippen LogP contribution in [-0.2, 0) is 16.6 Å². The van der Waals surface area contributed by atoms with Crippen molar-refractivity contribution in [3.8, 4) is 0 Å². The molecule has 0 atom stereocenters. The average molecular weight is 422 g/mol. The molecular formula is C17H22F3N3O2S2. The van der Waals surface area contributed by atoms with E-state index in [0.29, 0.717) is 30.3 Å². The summed E-state index contributed by atoms with van der Waals surface area (Å²) in [4.78, 5) is 4.58. The lowest BCUT2D eigenvalue weighted by atomic mass is 10.2. The summed E-state index contributed by atoms with van der Waals surface area (Å²) >= 11 is 1.04. The Hall–Kier alpha value is -1.26. The minimum Gasteiger partial charge on any atom is -0.319 e. The number of alkyl halides is 3. The number of nitrogens with zero attached hydrogens (tertiary/aromatic N) is 3. The van der Waals surface area contributed by atoms with Crippen LogP contribution in [0.4, 0.5) is 13.2 Å². The Kier molecular flexibility index (Phi) is 6.07. The molecule has 1 saturated heterocycles. The molecular weight excluding hydrogens is 399 g/mol. The number of rotatable bonds is 6.